The summed E-state index contributed by atoms with van der Waals surface area (Å²) >= 11 is 9.99. The molecule has 0 aliphatic carbocycles. The predicted octanol–water partition coefficient (Wildman–Crippen LogP) is 3.00. The number of nitro groups is 1. The van der Waals surface area contributed by atoms with Crippen LogP contribution in [0.2, 0.25) is 5.02 Å². The highest BCUT2D eigenvalue weighted by molar-refractivity contribution is 6.32. The monoisotopic (exact) mass is 272 g/mol. The minimum Gasteiger partial charge on any atom is -0.418 e. The Morgan fingerprint density at radius 2 is 2.06 bits per heavy atom. The van der Waals surface area contributed by atoms with Gasteiger partial charge in [0.15, 0.2) is 5.75 Å². The van der Waals surface area contributed by atoms with Gasteiger partial charge in [0.1, 0.15) is 5.69 Å². The summed E-state index contributed by atoms with van der Waals surface area (Å²) in [6.45, 7) is 0. The van der Waals surface area contributed by atoms with Crippen LogP contribution in [0, 0.1) is 10.1 Å². The van der Waals surface area contributed by atoms with E-state index in [4.69, 9.17) is 17.3 Å². The van der Waals surface area contributed by atoms with Gasteiger partial charge < -0.3 is 10.5 Å². The molecule has 2 N–H and O–H groups in total. The first-order valence-electron chi connectivity index (χ1n) is 3.70. The van der Waals surface area contributed by atoms with Gasteiger partial charge in [-0.05, 0) is 6.07 Å². The molecule has 0 unspecified atom stereocenters. The van der Waals surface area contributed by atoms with Gasteiger partial charge in [-0.3, -0.25) is 10.1 Å². The Morgan fingerprint density at radius 3 is 2.50 bits per heavy atom. The first kappa shape index (κ1) is 12.7. The smallest absolute Gasteiger partial charge is 0.418 e. The second-order valence-electron chi connectivity index (χ2n) is 2.65. The van der Waals surface area contributed by atoms with Crippen LogP contribution in [-0.4, -0.2) is 10.5 Å². The van der Waals surface area contributed by atoms with Gasteiger partial charge in [0.05, 0.1) is 16.0 Å². The molecule has 1 rings (SSSR count). The summed E-state index contributed by atoms with van der Waals surface area (Å²) in [6, 6.07) is 1.60. The van der Waals surface area contributed by atoms with Crippen LogP contribution in [0.3, 0.4) is 0 Å². The van der Waals surface area contributed by atoms with Crippen LogP contribution in [-0.2, 0) is 0 Å². The number of rotatable bonds is 3. The summed E-state index contributed by atoms with van der Waals surface area (Å²) < 4.78 is 28.5. The molecule has 0 amide bonds. The van der Waals surface area contributed by atoms with Gasteiger partial charge >= 0.3 is 5.57 Å². The van der Waals surface area contributed by atoms with Crippen LogP contribution in [0.1, 0.15) is 0 Å². The Morgan fingerprint density at radius 1 is 1.50 bits per heavy atom. The summed E-state index contributed by atoms with van der Waals surface area (Å²) in [5.41, 5.74) is 0.386. The van der Waals surface area contributed by atoms with Crippen molar-refractivity contribution in [2.24, 2.45) is 0 Å². The fourth-order valence-corrected chi connectivity index (χ4v) is 1.21. The molecule has 0 aromatic heterocycles. The van der Waals surface area contributed by atoms with E-state index in [0.29, 0.717) is 6.07 Å². The van der Waals surface area contributed by atoms with Crippen molar-refractivity contribution in [3.63, 3.8) is 0 Å². The van der Waals surface area contributed by atoms with Crippen LogP contribution in [0.5, 0.6) is 5.75 Å². The third kappa shape index (κ3) is 3.07. The normalized spacial score (nSPS) is 11.2. The number of benzene rings is 1. The second-order valence-corrected chi connectivity index (χ2v) is 3.49. The fraction of sp³-hybridized carbons (Fsp3) is 0.143. The van der Waals surface area contributed by atoms with Gasteiger partial charge in [-0.25, -0.2) is 0 Å². The zero-order valence-electron chi connectivity index (χ0n) is 7.42. The molecule has 1 aromatic carbocycles. The third-order valence-corrected chi connectivity index (χ3v) is 1.88. The van der Waals surface area contributed by atoms with Crippen LogP contribution in [0.4, 0.5) is 20.2 Å². The zero-order valence-corrected chi connectivity index (χ0v) is 8.93. The molecule has 0 atom stereocenters. The van der Waals surface area contributed by atoms with Crippen LogP contribution < -0.4 is 10.5 Å². The molecule has 5 nitrogen and oxygen atoms in total. The Balaban J connectivity index is 3.20. The number of ether oxygens (including phenoxy) is 1. The summed E-state index contributed by atoms with van der Waals surface area (Å²) in [4.78, 5) is 9.60. The lowest BCUT2D eigenvalue weighted by Gasteiger charge is -2.12. The number of nitrogens with zero attached hydrogens (tertiary/aromatic N) is 1. The number of nitro benzene ring substituents is 1. The molecular formula is C7H4Cl2F2N2O3. The molecule has 0 fully saturated rings. The lowest BCUT2D eigenvalue weighted by molar-refractivity contribution is -0.384. The minimum atomic E-state index is -4.01. The summed E-state index contributed by atoms with van der Waals surface area (Å²) in [5, 5.41) is 10.2. The minimum absolute atomic E-state index is 0.264. The molecule has 1 aromatic rings. The Labute approximate surface area is 97.8 Å². The highest BCUT2D eigenvalue weighted by Gasteiger charge is 2.30. The molecule has 9 heteroatoms. The lowest BCUT2D eigenvalue weighted by atomic mass is 10.2. The number of hydrogen-bond donors (Lipinski definition) is 1. The standard InChI is InChI=1S/C7H4Cl2F2N2O3/c8-3-1-4(12)5(13(14)15)2-6(3)16-7(9,10)11/h1-2H,12H2. The Bertz CT molecular complexity index is 436. The summed E-state index contributed by atoms with van der Waals surface area (Å²) in [7, 11) is 0. The van der Waals surface area contributed by atoms with E-state index in [1.807, 2.05) is 0 Å². The SMILES string of the molecule is Nc1cc(Cl)c(OC(F)(F)Cl)cc1[N+](=O)[O-]. The molecule has 0 radical (unpaired) electrons. The summed E-state index contributed by atoms with van der Waals surface area (Å²) in [6.07, 6.45) is 0. The molecule has 16 heavy (non-hydrogen) atoms. The molecule has 0 aliphatic rings. The largest absolute Gasteiger partial charge is 0.487 e. The van der Waals surface area contributed by atoms with E-state index in [1.54, 1.807) is 0 Å². The number of nitrogens with two attached hydrogens (primary N) is 1. The number of anilines is 1. The van der Waals surface area contributed by atoms with Crippen molar-refractivity contribution >= 4 is 34.6 Å². The van der Waals surface area contributed by atoms with Crippen molar-refractivity contribution in [3.8, 4) is 5.75 Å². The van der Waals surface area contributed by atoms with Gasteiger partial charge in [-0.2, -0.15) is 0 Å². The predicted molar refractivity (Wildman–Crippen MR) is 53.9 cm³/mol. The quantitative estimate of drug-likeness (QED) is 0.397. The molecule has 0 saturated heterocycles. The molecule has 0 bridgehead atoms. The number of halogens is 4. The average molecular weight is 273 g/mol. The van der Waals surface area contributed by atoms with E-state index in [0.717, 1.165) is 6.07 Å². The maximum absolute atomic E-state index is 12.3. The topological polar surface area (TPSA) is 78.4 Å². The van der Waals surface area contributed by atoms with Crippen molar-refractivity contribution in [1.82, 2.24) is 0 Å². The molecule has 0 saturated carbocycles. The van der Waals surface area contributed by atoms with E-state index in [9.17, 15) is 18.9 Å². The first-order chi connectivity index (χ1) is 7.20. The fourth-order valence-electron chi connectivity index (χ4n) is 0.919. The van der Waals surface area contributed by atoms with E-state index in [-0.39, 0.29) is 10.7 Å². The molecule has 0 heterocycles. The van der Waals surface area contributed by atoms with Gasteiger partial charge in [0, 0.05) is 11.6 Å². The number of hydrogen-bond acceptors (Lipinski definition) is 4. The third-order valence-electron chi connectivity index (χ3n) is 1.50. The van der Waals surface area contributed by atoms with Gasteiger partial charge in [-0.1, -0.05) is 11.6 Å². The van der Waals surface area contributed by atoms with E-state index in [2.05, 4.69) is 16.3 Å². The molecular weight excluding hydrogens is 269 g/mol. The van der Waals surface area contributed by atoms with Crippen molar-refractivity contribution < 1.29 is 18.4 Å². The van der Waals surface area contributed by atoms with Crippen molar-refractivity contribution in [3.05, 3.63) is 27.3 Å². The maximum atomic E-state index is 12.3. The van der Waals surface area contributed by atoms with E-state index in [1.165, 1.54) is 0 Å². The molecule has 0 spiro atoms. The van der Waals surface area contributed by atoms with Gasteiger partial charge in [0.2, 0.25) is 0 Å². The number of nitrogen functional groups attached to an aromatic ring is 1. The molecule has 88 valence electrons. The van der Waals surface area contributed by atoms with Gasteiger partial charge in [-0.15, -0.1) is 8.78 Å². The number of alkyl halides is 3. The van der Waals surface area contributed by atoms with Crippen molar-refractivity contribution in [2.75, 3.05) is 5.73 Å². The highest BCUT2D eigenvalue weighted by atomic mass is 35.5. The van der Waals surface area contributed by atoms with E-state index < -0.39 is 21.9 Å². The first-order valence-corrected chi connectivity index (χ1v) is 4.45. The zero-order chi connectivity index (χ0) is 12.5. The highest BCUT2D eigenvalue weighted by Crippen LogP contribution is 2.37. The lowest BCUT2D eigenvalue weighted by Crippen LogP contribution is -2.16. The van der Waals surface area contributed by atoms with Crippen LogP contribution >= 0.6 is 23.2 Å². The van der Waals surface area contributed by atoms with E-state index >= 15 is 0 Å². The Hall–Kier alpha value is -1.34. The van der Waals surface area contributed by atoms with Crippen LogP contribution in [0.15, 0.2) is 12.1 Å². The maximum Gasteiger partial charge on any atom is 0.487 e. The summed E-state index contributed by atoms with van der Waals surface area (Å²) in [5.74, 6) is -0.623. The van der Waals surface area contributed by atoms with Crippen molar-refractivity contribution in [2.45, 2.75) is 5.57 Å². The Kier molecular flexibility index (Phi) is 3.39. The van der Waals surface area contributed by atoms with Crippen molar-refractivity contribution in [1.29, 1.82) is 0 Å². The molecule has 0 aliphatic heterocycles. The van der Waals surface area contributed by atoms with Crippen LogP contribution in [0.25, 0.3) is 0 Å². The van der Waals surface area contributed by atoms with Gasteiger partial charge in [0.25, 0.3) is 5.69 Å². The average Bonchev–Trinajstić information content (AvgIpc) is 2.07. The second kappa shape index (κ2) is 4.26.